The van der Waals surface area contributed by atoms with Gasteiger partial charge < -0.3 is 9.47 Å². The van der Waals surface area contributed by atoms with E-state index in [4.69, 9.17) is 11.6 Å². The first-order valence-corrected chi connectivity index (χ1v) is 7.44. The largest absolute Gasteiger partial charge is 0.324 e. The van der Waals surface area contributed by atoms with Crippen molar-refractivity contribution in [2.45, 2.75) is 24.4 Å². The first kappa shape index (κ1) is 15.4. The van der Waals surface area contributed by atoms with Gasteiger partial charge >= 0.3 is 0 Å². The number of aromatic nitrogens is 2. The van der Waals surface area contributed by atoms with Crippen LogP contribution < -0.4 is 4.72 Å². The van der Waals surface area contributed by atoms with Gasteiger partial charge in [0, 0.05) is 13.1 Å². The number of hydrogen-bond acceptors (Lipinski definition) is 4. The Morgan fingerprint density at radius 3 is 2.61 bits per heavy atom. The van der Waals surface area contributed by atoms with E-state index in [0.717, 1.165) is 13.0 Å². The second-order valence-corrected chi connectivity index (χ2v) is 6.55. The van der Waals surface area contributed by atoms with E-state index in [-0.39, 0.29) is 16.2 Å². The van der Waals surface area contributed by atoms with Crippen molar-refractivity contribution in [3.8, 4) is 0 Å². The van der Waals surface area contributed by atoms with Crippen molar-refractivity contribution in [1.82, 2.24) is 19.2 Å². The molecule has 1 aromatic heterocycles. The highest BCUT2D eigenvalue weighted by Gasteiger charge is 2.24. The van der Waals surface area contributed by atoms with Crippen LogP contribution in [-0.4, -0.2) is 49.6 Å². The summed E-state index contributed by atoms with van der Waals surface area (Å²) in [6, 6.07) is -0.171. The van der Waals surface area contributed by atoms with E-state index in [2.05, 4.69) is 9.71 Å². The summed E-state index contributed by atoms with van der Waals surface area (Å²) < 4.78 is 28.1. The van der Waals surface area contributed by atoms with Crippen molar-refractivity contribution in [3.05, 3.63) is 11.5 Å². The van der Waals surface area contributed by atoms with Crippen LogP contribution in [0.25, 0.3) is 0 Å². The molecular weight excluding hydrogens is 276 g/mol. The van der Waals surface area contributed by atoms with Crippen LogP contribution in [-0.2, 0) is 17.1 Å². The molecule has 8 heteroatoms. The summed E-state index contributed by atoms with van der Waals surface area (Å²) in [5.41, 5.74) is 0. The number of sulfonamides is 1. The minimum Gasteiger partial charge on any atom is -0.324 e. The number of halogens is 1. The summed E-state index contributed by atoms with van der Waals surface area (Å²) >= 11 is 5.88. The molecule has 0 radical (unpaired) electrons. The molecule has 0 spiro atoms. The lowest BCUT2D eigenvalue weighted by Gasteiger charge is -2.16. The standard InChI is InChI=1S/C10H19ClN4O2S/c1-8(5-6-14(2)3)13-18(16,17)10-9(11)15(4)7-12-10/h7-8,13H,5-6H2,1-4H3. The quantitative estimate of drug-likeness (QED) is 0.838. The minimum absolute atomic E-state index is 0.113. The number of imidazole rings is 1. The third kappa shape index (κ3) is 3.94. The topological polar surface area (TPSA) is 67.2 Å². The highest BCUT2D eigenvalue weighted by atomic mass is 35.5. The van der Waals surface area contributed by atoms with Gasteiger partial charge in [0.2, 0.25) is 5.03 Å². The number of rotatable bonds is 6. The molecule has 1 aromatic rings. The third-order valence-electron chi connectivity index (χ3n) is 2.45. The Hall–Kier alpha value is -0.630. The molecule has 1 rings (SSSR count). The Labute approximate surface area is 113 Å². The fourth-order valence-corrected chi connectivity index (χ4v) is 3.11. The van der Waals surface area contributed by atoms with E-state index in [0.29, 0.717) is 0 Å². The molecule has 1 N–H and O–H groups in total. The average molecular weight is 295 g/mol. The van der Waals surface area contributed by atoms with Crippen LogP contribution in [0.5, 0.6) is 0 Å². The molecule has 1 atom stereocenters. The molecule has 0 saturated carbocycles. The lowest BCUT2D eigenvalue weighted by Crippen LogP contribution is -2.35. The Balaban J connectivity index is 2.74. The lowest BCUT2D eigenvalue weighted by atomic mass is 10.2. The Kier molecular flexibility index (Phi) is 5.15. The van der Waals surface area contributed by atoms with E-state index in [1.54, 1.807) is 7.05 Å². The maximum atomic E-state index is 12.0. The molecule has 6 nitrogen and oxygen atoms in total. The van der Waals surface area contributed by atoms with Gasteiger partial charge in [0.25, 0.3) is 10.0 Å². The monoisotopic (exact) mass is 294 g/mol. The van der Waals surface area contributed by atoms with Crippen LogP contribution in [0.15, 0.2) is 11.4 Å². The zero-order valence-electron chi connectivity index (χ0n) is 11.0. The second-order valence-electron chi connectivity index (χ2n) is 4.57. The lowest BCUT2D eigenvalue weighted by molar-refractivity contribution is 0.379. The van der Waals surface area contributed by atoms with Gasteiger partial charge in [-0.15, -0.1) is 0 Å². The zero-order valence-corrected chi connectivity index (χ0v) is 12.6. The Bertz CT molecular complexity index is 498. The first-order chi connectivity index (χ1) is 8.24. The second kappa shape index (κ2) is 6.01. The first-order valence-electron chi connectivity index (χ1n) is 5.58. The SMILES string of the molecule is CC(CCN(C)C)NS(=O)(=O)c1ncn(C)c1Cl. The van der Waals surface area contributed by atoms with Crippen molar-refractivity contribution in [2.75, 3.05) is 20.6 Å². The van der Waals surface area contributed by atoms with Gasteiger partial charge in [0.1, 0.15) is 5.15 Å². The Morgan fingerprint density at radius 2 is 2.17 bits per heavy atom. The summed E-state index contributed by atoms with van der Waals surface area (Å²) in [6.45, 7) is 2.62. The predicted octanol–water partition coefficient (Wildman–Crippen LogP) is 0.692. The van der Waals surface area contributed by atoms with E-state index >= 15 is 0 Å². The van der Waals surface area contributed by atoms with Gasteiger partial charge in [-0.05, 0) is 34.0 Å². The van der Waals surface area contributed by atoms with Crippen molar-refractivity contribution in [2.24, 2.45) is 7.05 Å². The zero-order chi connectivity index (χ0) is 13.9. The molecule has 1 heterocycles. The van der Waals surface area contributed by atoms with Crippen LogP contribution in [0.3, 0.4) is 0 Å². The van der Waals surface area contributed by atoms with Crippen LogP contribution >= 0.6 is 11.6 Å². The summed E-state index contributed by atoms with van der Waals surface area (Å²) in [6.07, 6.45) is 2.10. The van der Waals surface area contributed by atoms with Gasteiger partial charge in [-0.25, -0.2) is 18.1 Å². The third-order valence-corrected chi connectivity index (χ3v) is 4.53. The van der Waals surface area contributed by atoms with E-state index in [1.807, 2.05) is 25.9 Å². The molecule has 0 aliphatic carbocycles. The molecule has 104 valence electrons. The summed E-state index contributed by atoms with van der Waals surface area (Å²) in [5, 5.41) is -0.00863. The average Bonchev–Trinajstić information content (AvgIpc) is 2.57. The van der Waals surface area contributed by atoms with E-state index in [1.165, 1.54) is 10.9 Å². The molecule has 0 aromatic carbocycles. The normalized spacial score (nSPS) is 14.1. The number of nitrogens with one attached hydrogen (secondary N) is 1. The summed E-state index contributed by atoms with van der Waals surface area (Å²) in [4.78, 5) is 5.80. The van der Waals surface area contributed by atoms with Gasteiger partial charge in [-0.3, -0.25) is 0 Å². The maximum Gasteiger partial charge on any atom is 0.261 e. The van der Waals surface area contributed by atoms with Gasteiger partial charge in [-0.1, -0.05) is 11.6 Å². The number of aryl methyl sites for hydroxylation is 1. The van der Waals surface area contributed by atoms with Crippen LogP contribution in [0.2, 0.25) is 5.15 Å². The van der Waals surface area contributed by atoms with Gasteiger partial charge in [0.05, 0.1) is 6.33 Å². The summed E-state index contributed by atoms with van der Waals surface area (Å²) in [5.74, 6) is 0. The van der Waals surface area contributed by atoms with E-state index < -0.39 is 10.0 Å². The predicted molar refractivity (Wildman–Crippen MR) is 71.2 cm³/mol. The highest BCUT2D eigenvalue weighted by Crippen LogP contribution is 2.18. The number of nitrogens with zero attached hydrogens (tertiary/aromatic N) is 3. The smallest absolute Gasteiger partial charge is 0.261 e. The molecule has 0 bridgehead atoms. The van der Waals surface area contributed by atoms with Crippen LogP contribution in [0.1, 0.15) is 13.3 Å². The molecule has 18 heavy (non-hydrogen) atoms. The molecule has 0 aliphatic heterocycles. The van der Waals surface area contributed by atoms with Crippen molar-refractivity contribution < 1.29 is 8.42 Å². The van der Waals surface area contributed by atoms with Crippen molar-refractivity contribution in [1.29, 1.82) is 0 Å². The summed E-state index contributed by atoms with van der Waals surface area (Å²) in [7, 11) is 1.88. The van der Waals surface area contributed by atoms with Gasteiger partial charge in [0.15, 0.2) is 0 Å². The van der Waals surface area contributed by atoms with Crippen molar-refractivity contribution >= 4 is 21.6 Å². The number of hydrogen-bond donors (Lipinski definition) is 1. The fourth-order valence-electron chi connectivity index (χ4n) is 1.41. The molecule has 0 saturated heterocycles. The van der Waals surface area contributed by atoms with Crippen LogP contribution in [0, 0.1) is 0 Å². The highest BCUT2D eigenvalue weighted by molar-refractivity contribution is 7.89. The van der Waals surface area contributed by atoms with Crippen molar-refractivity contribution in [3.63, 3.8) is 0 Å². The van der Waals surface area contributed by atoms with E-state index in [9.17, 15) is 8.42 Å². The maximum absolute atomic E-state index is 12.0. The molecule has 1 unspecified atom stereocenters. The molecular formula is C10H19ClN4O2S. The molecule has 0 fully saturated rings. The van der Waals surface area contributed by atoms with Crippen LogP contribution in [0.4, 0.5) is 0 Å². The fraction of sp³-hybridized carbons (Fsp3) is 0.700. The van der Waals surface area contributed by atoms with Gasteiger partial charge in [-0.2, -0.15) is 0 Å². The minimum atomic E-state index is -3.65. The molecule has 0 aliphatic rings. The Morgan fingerprint density at radius 1 is 1.56 bits per heavy atom. The molecule has 0 amide bonds.